The van der Waals surface area contributed by atoms with Crippen LogP contribution in [0.4, 0.5) is 5.69 Å². The molecule has 5 nitrogen and oxygen atoms in total. The fourth-order valence-corrected chi connectivity index (χ4v) is 5.15. The van der Waals surface area contributed by atoms with Crippen LogP contribution >= 0.6 is 0 Å². The maximum Gasteiger partial charge on any atom is 0.199 e. The minimum absolute atomic E-state index is 0.00450. The topological polar surface area (TPSA) is 69.0 Å². The average molecular weight is 440 g/mol. The molecule has 2 aromatic heterocycles. The lowest BCUT2D eigenvalue weighted by Gasteiger charge is -2.25. The number of anilines is 1. The van der Waals surface area contributed by atoms with E-state index in [-0.39, 0.29) is 10.9 Å². The zero-order valence-corrected chi connectivity index (χ0v) is 19.4. The molecule has 0 unspecified atom stereocenters. The second-order valence-corrected chi connectivity index (χ2v) is 8.69. The Morgan fingerprint density at radius 1 is 0.727 bits per heavy atom. The Morgan fingerprint density at radius 3 is 2.15 bits per heavy atom. The van der Waals surface area contributed by atoms with Gasteiger partial charge in [0.15, 0.2) is 10.9 Å². The molecule has 0 bridgehead atoms. The van der Waals surface area contributed by atoms with Crippen molar-refractivity contribution >= 4 is 49.3 Å². The third-order valence-electron chi connectivity index (χ3n) is 6.55. The number of hydrogen-bond donors (Lipinski definition) is 2. The number of para-hydroxylation sites is 1. The number of nitrogens with zero attached hydrogens (tertiary/aromatic N) is 1. The summed E-state index contributed by atoms with van der Waals surface area (Å²) in [5.41, 5.74) is 4.95. The van der Waals surface area contributed by atoms with Crippen LogP contribution in [-0.2, 0) is 6.42 Å². The number of aryl methyl sites for hydroxylation is 1. The van der Waals surface area contributed by atoms with Gasteiger partial charge >= 0.3 is 0 Å². The first kappa shape index (κ1) is 21.3. The number of H-pyrrole nitrogens is 2. The first-order valence-corrected chi connectivity index (χ1v) is 11.9. The van der Waals surface area contributed by atoms with E-state index in [0.29, 0.717) is 28.1 Å². The minimum Gasteiger partial charge on any atom is -0.371 e. The number of nitrogens with one attached hydrogen (secondary N) is 2. The Balaban J connectivity index is 1.93. The van der Waals surface area contributed by atoms with Crippen LogP contribution in [0.5, 0.6) is 0 Å². The molecular weight excluding hydrogens is 410 g/mol. The maximum atomic E-state index is 13.9. The van der Waals surface area contributed by atoms with Crippen molar-refractivity contribution in [2.75, 3.05) is 18.0 Å². The summed E-state index contributed by atoms with van der Waals surface area (Å²) in [6.07, 6.45) is 2.68. The monoisotopic (exact) mass is 439 g/mol. The lowest BCUT2D eigenvalue weighted by Crippen LogP contribution is -2.26. The SMILES string of the molecule is CCCN(CCC)c1cccc2[nH]c3c(CC)c4c(=O)c5ccccc5[nH]c4cc3c(=O)c12. The van der Waals surface area contributed by atoms with E-state index in [1.54, 1.807) is 0 Å². The molecule has 168 valence electrons. The summed E-state index contributed by atoms with van der Waals surface area (Å²) in [7, 11) is 0. The van der Waals surface area contributed by atoms with Gasteiger partial charge in [0, 0.05) is 29.4 Å². The fourth-order valence-electron chi connectivity index (χ4n) is 5.15. The van der Waals surface area contributed by atoms with E-state index < -0.39 is 0 Å². The minimum atomic E-state index is 0.00450. The van der Waals surface area contributed by atoms with Crippen LogP contribution in [0.2, 0.25) is 0 Å². The second kappa shape index (κ2) is 8.39. The van der Waals surface area contributed by atoms with Gasteiger partial charge < -0.3 is 14.9 Å². The second-order valence-electron chi connectivity index (χ2n) is 8.69. The van der Waals surface area contributed by atoms with Gasteiger partial charge in [0.1, 0.15) is 0 Å². The average Bonchev–Trinajstić information content (AvgIpc) is 2.83. The van der Waals surface area contributed by atoms with E-state index in [4.69, 9.17) is 0 Å². The van der Waals surface area contributed by atoms with Gasteiger partial charge in [-0.05, 0) is 55.2 Å². The summed E-state index contributed by atoms with van der Waals surface area (Å²) < 4.78 is 0. The number of rotatable bonds is 6. The molecule has 0 spiro atoms. The van der Waals surface area contributed by atoms with Gasteiger partial charge in [0.25, 0.3) is 0 Å². The molecule has 0 aliphatic heterocycles. The number of fused-ring (bicyclic) bond motifs is 4. The summed E-state index contributed by atoms with van der Waals surface area (Å²) in [6, 6.07) is 15.4. The van der Waals surface area contributed by atoms with E-state index in [9.17, 15) is 9.59 Å². The van der Waals surface area contributed by atoms with Crippen LogP contribution in [0.15, 0.2) is 58.1 Å². The molecule has 2 N–H and O–H groups in total. The summed E-state index contributed by atoms with van der Waals surface area (Å²) in [5.74, 6) is 0. The van der Waals surface area contributed by atoms with E-state index in [0.717, 1.165) is 59.1 Å². The zero-order valence-electron chi connectivity index (χ0n) is 19.4. The molecule has 3 aromatic carbocycles. The standard InChI is InChI=1S/C28H29N3O2/c1-4-14-31(15-5-2)23-13-9-12-21-25(23)28(33)19-16-22-24(17(6-3)26(19)30-21)27(32)18-10-7-8-11-20(18)29-22/h7-13,16H,4-6,14-15H2,1-3H3,(H,29,32)(H,30,33). The molecule has 5 aromatic rings. The Labute approximate surface area is 192 Å². The Bertz CT molecular complexity index is 1620. The molecule has 0 aliphatic carbocycles. The number of aromatic nitrogens is 2. The van der Waals surface area contributed by atoms with Crippen molar-refractivity contribution in [3.05, 3.63) is 74.5 Å². The van der Waals surface area contributed by atoms with Gasteiger partial charge in [-0.1, -0.05) is 39.0 Å². The van der Waals surface area contributed by atoms with Gasteiger partial charge in [0.2, 0.25) is 0 Å². The molecule has 0 saturated heterocycles. The van der Waals surface area contributed by atoms with E-state index >= 15 is 0 Å². The van der Waals surface area contributed by atoms with Gasteiger partial charge in [-0.2, -0.15) is 0 Å². The molecule has 0 amide bonds. The molecule has 5 rings (SSSR count). The first-order chi connectivity index (χ1) is 16.1. The van der Waals surface area contributed by atoms with Crippen LogP contribution in [0, 0.1) is 0 Å². The molecule has 0 atom stereocenters. The largest absolute Gasteiger partial charge is 0.371 e. The normalized spacial score (nSPS) is 11.7. The highest BCUT2D eigenvalue weighted by Crippen LogP contribution is 2.30. The Hall–Kier alpha value is -3.60. The quantitative estimate of drug-likeness (QED) is 0.325. The van der Waals surface area contributed by atoms with Crippen LogP contribution in [0.1, 0.15) is 39.2 Å². The van der Waals surface area contributed by atoms with Crippen molar-refractivity contribution in [1.29, 1.82) is 0 Å². The Kier molecular flexibility index (Phi) is 5.41. The summed E-state index contributed by atoms with van der Waals surface area (Å²) in [5, 5.41) is 2.67. The van der Waals surface area contributed by atoms with Crippen molar-refractivity contribution in [3.63, 3.8) is 0 Å². The fraction of sp³-hybridized carbons (Fsp3) is 0.286. The summed E-state index contributed by atoms with van der Waals surface area (Å²) >= 11 is 0. The van der Waals surface area contributed by atoms with Crippen LogP contribution in [0.25, 0.3) is 43.6 Å². The lowest BCUT2D eigenvalue weighted by molar-refractivity contribution is 0.747. The highest BCUT2D eigenvalue weighted by Gasteiger charge is 2.18. The number of benzene rings is 3. The predicted molar refractivity (Wildman–Crippen MR) is 140 cm³/mol. The molecule has 0 radical (unpaired) electrons. The van der Waals surface area contributed by atoms with Crippen molar-refractivity contribution in [2.45, 2.75) is 40.0 Å². The Morgan fingerprint density at radius 2 is 1.42 bits per heavy atom. The van der Waals surface area contributed by atoms with Crippen molar-refractivity contribution < 1.29 is 0 Å². The molecule has 5 heteroatoms. The third-order valence-corrected chi connectivity index (χ3v) is 6.55. The van der Waals surface area contributed by atoms with Crippen LogP contribution in [0.3, 0.4) is 0 Å². The zero-order chi connectivity index (χ0) is 23.1. The smallest absolute Gasteiger partial charge is 0.199 e. The van der Waals surface area contributed by atoms with Crippen LogP contribution < -0.4 is 15.8 Å². The van der Waals surface area contributed by atoms with Gasteiger partial charge in [-0.3, -0.25) is 9.59 Å². The van der Waals surface area contributed by atoms with Gasteiger partial charge in [-0.15, -0.1) is 0 Å². The van der Waals surface area contributed by atoms with Gasteiger partial charge in [0.05, 0.1) is 33.0 Å². The number of pyridine rings is 2. The molecule has 0 saturated carbocycles. The summed E-state index contributed by atoms with van der Waals surface area (Å²) in [4.78, 5) is 36.6. The first-order valence-electron chi connectivity index (χ1n) is 11.9. The predicted octanol–water partition coefficient (Wildman–Crippen LogP) is 5.86. The highest BCUT2D eigenvalue weighted by molar-refractivity contribution is 6.07. The highest BCUT2D eigenvalue weighted by atomic mass is 16.1. The van der Waals surface area contributed by atoms with E-state index in [1.807, 2.05) is 55.5 Å². The van der Waals surface area contributed by atoms with E-state index in [1.165, 1.54) is 0 Å². The van der Waals surface area contributed by atoms with Crippen molar-refractivity contribution in [2.24, 2.45) is 0 Å². The maximum absolute atomic E-state index is 13.9. The third kappa shape index (κ3) is 3.30. The van der Waals surface area contributed by atoms with Crippen molar-refractivity contribution in [3.8, 4) is 0 Å². The van der Waals surface area contributed by atoms with Gasteiger partial charge in [-0.25, -0.2) is 0 Å². The molecule has 0 fully saturated rings. The molecule has 2 heterocycles. The molecular formula is C28H29N3O2. The number of aromatic amines is 2. The molecule has 33 heavy (non-hydrogen) atoms. The summed E-state index contributed by atoms with van der Waals surface area (Å²) in [6.45, 7) is 8.16. The lowest BCUT2D eigenvalue weighted by atomic mass is 9.97. The molecule has 0 aliphatic rings. The van der Waals surface area contributed by atoms with E-state index in [2.05, 4.69) is 28.7 Å². The van der Waals surface area contributed by atoms with Crippen LogP contribution in [-0.4, -0.2) is 23.1 Å². The van der Waals surface area contributed by atoms with Crippen molar-refractivity contribution in [1.82, 2.24) is 9.97 Å². The number of hydrogen-bond acceptors (Lipinski definition) is 3.